The number of nitrogens with zero attached hydrogens (tertiary/aromatic N) is 6. The lowest BCUT2D eigenvalue weighted by Gasteiger charge is -2.35. The Morgan fingerprint density at radius 2 is 1.69 bits per heavy atom. The van der Waals surface area contributed by atoms with E-state index in [1.54, 1.807) is 30.9 Å². The molecule has 9 nitrogen and oxygen atoms in total. The summed E-state index contributed by atoms with van der Waals surface area (Å²) in [6, 6.07) is 7.16. The van der Waals surface area contributed by atoms with Gasteiger partial charge in [0.15, 0.2) is 0 Å². The van der Waals surface area contributed by atoms with E-state index < -0.39 is 17.9 Å². The van der Waals surface area contributed by atoms with E-state index in [0.717, 1.165) is 10.1 Å². The molecule has 2 amide bonds. The van der Waals surface area contributed by atoms with Crippen LogP contribution in [-0.4, -0.2) is 67.4 Å². The molecule has 0 atom stereocenters. The third-order valence-corrected chi connectivity index (χ3v) is 6.26. The first-order valence-electron chi connectivity index (χ1n) is 11.2. The molecule has 2 aromatic heterocycles. The average Bonchev–Trinajstić information content (AvgIpc) is 3.24. The van der Waals surface area contributed by atoms with E-state index in [1.165, 1.54) is 0 Å². The van der Waals surface area contributed by atoms with Crippen molar-refractivity contribution in [3.05, 3.63) is 58.2 Å². The molecule has 3 aromatic rings. The zero-order chi connectivity index (χ0) is 25.3. The van der Waals surface area contributed by atoms with Crippen LogP contribution in [-0.2, 0) is 23.9 Å². The molecular weight excluding hydrogens is 463 g/mol. The summed E-state index contributed by atoms with van der Waals surface area (Å²) < 4.78 is 40.0. The lowest BCUT2D eigenvalue weighted by atomic mass is 10.1. The predicted octanol–water partition coefficient (Wildman–Crippen LogP) is 2.14. The second kappa shape index (κ2) is 9.61. The van der Waals surface area contributed by atoms with Crippen LogP contribution < -0.4 is 5.73 Å². The van der Waals surface area contributed by atoms with Crippen LogP contribution in [0.2, 0.25) is 0 Å². The van der Waals surface area contributed by atoms with Crippen molar-refractivity contribution in [3.8, 4) is 0 Å². The fourth-order valence-electron chi connectivity index (χ4n) is 4.27. The van der Waals surface area contributed by atoms with Gasteiger partial charge in [-0.05, 0) is 43.5 Å². The van der Waals surface area contributed by atoms with Crippen LogP contribution >= 0.6 is 0 Å². The first-order valence-corrected chi connectivity index (χ1v) is 11.2. The van der Waals surface area contributed by atoms with Crippen molar-refractivity contribution in [2.24, 2.45) is 5.73 Å². The molecule has 35 heavy (non-hydrogen) atoms. The number of nitrogens with two attached hydrogens (primary N) is 1. The minimum atomic E-state index is -4.65. The van der Waals surface area contributed by atoms with Gasteiger partial charge in [0.25, 0.3) is 11.6 Å². The Morgan fingerprint density at radius 1 is 1.03 bits per heavy atom. The van der Waals surface area contributed by atoms with Crippen molar-refractivity contribution in [2.45, 2.75) is 39.4 Å². The molecule has 186 valence electrons. The van der Waals surface area contributed by atoms with Crippen molar-refractivity contribution in [2.75, 3.05) is 26.2 Å². The van der Waals surface area contributed by atoms with Crippen LogP contribution in [0, 0.1) is 13.8 Å². The molecule has 0 aliphatic carbocycles. The summed E-state index contributed by atoms with van der Waals surface area (Å²) in [7, 11) is 0. The smallest absolute Gasteiger partial charge is 0.366 e. The van der Waals surface area contributed by atoms with Crippen LogP contribution in [0.5, 0.6) is 0 Å². The van der Waals surface area contributed by atoms with Gasteiger partial charge in [0, 0.05) is 56.1 Å². The van der Waals surface area contributed by atoms with Crippen molar-refractivity contribution in [1.82, 2.24) is 29.4 Å². The van der Waals surface area contributed by atoms with Gasteiger partial charge in [0.1, 0.15) is 0 Å². The van der Waals surface area contributed by atoms with Crippen LogP contribution in [0.25, 0.3) is 5.78 Å². The largest absolute Gasteiger partial charge is 0.453 e. The molecule has 1 fully saturated rings. The van der Waals surface area contributed by atoms with Gasteiger partial charge in [-0.15, -0.1) is 5.10 Å². The molecule has 0 unspecified atom stereocenters. The molecule has 3 heterocycles. The minimum Gasteiger partial charge on any atom is -0.366 e. The number of hydrogen-bond acceptors (Lipinski definition) is 6. The normalized spacial score (nSPS) is 15.1. The number of aromatic nitrogens is 4. The second-order valence-corrected chi connectivity index (χ2v) is 8.62. The van der Waals surface area contributed by atoms with Crippen molar-refractivity contribution >= 4 is 17.6 Å². The Morgan fingerprint density at radius 3 is 2.29 bits per heavy atom. The van der Waals surface area contributed by atoms with Gasteiger partial charge in [-0.2, -0.15) is 18.2 Å². The Labute approximate surface area is 199 Å². The van der Waals surface area contributed by atoms with Gasteiger partial charge >= 0.3 is 6.18 Å². The summed E-state index contributed by atoms with van der Waals surface area (Å²) in [5.41, 5.74) is 8.53. The summed E-state index contributed by atoms with van der Waals surface area (Å²) in [5.74, 6) is -1.81. The average molecular weight is 490 g/mol. The highest BCUT2D eigenvalue weighted by molar-refractivity contribution is 5.92. The maximum atomic E-state index is 13.0. The first-order chi connectivity index (χ1) is 16.5. The quantitative estimate of drug-likeness (QED) is 0.568. The number of hydrogen-bond donors (Lipinski definition) is 1. The number of fused-ring (bicyclic) bond motifs is 1. The van der Waals surface area contributed by atoms with Gasteiger partial charge in [-0.1, -0.05) is 12.1 Å². The number of halogens is 3. The molecule has 1 saturated heterocycles. The molecule has 0 spiro atoms. The maximum Gasteiger partial charge on any atom is 0.453 e. The van der Waals surface area contributed by atoms with Gasteiger partial charge in [0.05, 0.1) is 0 Å². The number of alkyl halides is 3. The standard InChI is InChI=1S/C23H26F3N7O2/c1-14-18(15(2)33-22(28-14)29-21(30-33)23(24,25)26)7-8-19(34)32-11-9-31(10-12-32)13-16-3-5-17(6-4-16)20(27)35/h3-6H,7-13H2,1-2H3,(H2,27,35). The van der Waals surface area contributed by atoms with E-state index in [-0.39, 0.29) is 18.1 Å². The molecule has 1 aliphatic heterocycles. The Hall–Kier alpha value is -3.54. The lowest BCUT2D eigenvalue weighted by Crippen LogP contribution is -2.48. The van der Waals surface area contributed by atoms with E-state index in [9.17, 15) is 22.8 Å². The van der Waals surface area contributed by atoms with Crippen molar-refractivity contribution < 1.29 is 22.8 Å². The summed E-state index contributed by atoms with van der Waals surface area (Å²) in [4.78, 5) is 35.7. The fraction of sp³-hybridized carbons (Fsp3) is 0.435. The maximum absolute atomic E-state index is 13.0. The van der Waals surface area contributed by atoms with E-state index in [4.69, 9.17) is 5.73 Å². The number of piperazine rings is 1. The van der Waals surface area contributed by atoms with E-state index in [0.29, 0.717) is 61.7 Å². The molecule has 1 aromatic carbocycles. The molecule has 0 bridgehead atoms. The number of amides is 2. The number of carbonyl (C=O) groups is 2. The SMILES string of the molecule is Cc1nc2nc(C(F)(F)F)nn2c(C)c1CCC(=O)N1CCN(Cc2ccc(C(N)=O)cc2)CC1. The fourth-order valence-corrected chi connectivity index (χ4v) is 4.27. The number of benzene rings is 1. The van der Waals surface area contributed by atoms with Crippen LogP contribution in [0.4, 0.5) is 13.2 Å². The highest BCUT2D eigenvalue weighted by Crippen LogP contribution is 2.27. The summed E-state index contributed by atoms with van der Waals surface area (Å²) in [5, 5.41) is 3.55. The zero-order valence-electron chi connectivity index (χ0n) is 19.5. The number of aryl methyl sites for hydroxylation is 2. The topological polar surface area (TPSA) is 110 Å². The van der Waals surface area contributed by atoms with E-state index >= 15 is 0 Å². The summed E-state index contributed by atoms with van der Waals surface area (Å²) in [6.45, 7) is 6.68. The minimum absolute atomic E-state index is 0.0103. The number of primary amides is 1. The molecule has 12 heteroatoms. The predicted molar refractivity (Wildman–Crippen MR) is 120 cm³/mol. The van der Waals surface area contributed by atoms with Crippen LogP contribution in [0.1, 0.15) is 45.1 Å². The highest BCUT2D eigenvalue weighted by atomic mass is 19.4. The summed E-state index contributed by atoms with van der Waals surface area (Å²) in [6.07, 6.45) is -4.07. The molecule has 2 N–H and O–H groups in total. The third kappa shape index (κ3) is 5.42. The Balaban J connectivity index is 1.33. The second-order valence-electron chi connectivity index (χ2n) is 8.62. The molecule has 0 saturated carbocycles. The van der Waals surface area contributed by atoms with E-state index in [2.05, 4.69) is 20.0 Å². The zero-order valence-corrected chi connectivity index (χ0v) is 19.5. The van der Waals surface area contributed by atoms with Gasteiger partial charge in [-0.25, -0.2) is 9.50 Å². The molecular formula is C23H26F3N7O2. The molecule has 4 rings (SSSR count). The van der Waals surface area contributed by atoms with E-state index in [1.807, 2.05) is 12.1 Å². The first kappa shape index (κ1) is 24.6. The van der Waals surface area contributed by atoms with Gasteiger partial charge in [-0.3, -0.25) is 14.5 Å². The lowest BCUT2D eigenvalue weighted by molar-refractivity contribution is -0.144. The number of carbonyl (C=O) groups excluding carboxylic acids is 2. The van der Waals surface area contributed by atoms with Crippen molar-refractivity contribution in [1.29, 1.82) is 0 Å². The summed E-state index contributed by atoms with van der Waals surface area (Å²) >= 11 is 0. The van der Waals surface area contributed by atoms with Crippen LogP contribution in [0.15, 0.2) is 24.3 Å². The number of rotatable bonds is 6. The molecule has 1 aliphatic rings. The Bertz CT molecular complexity index is 1250. The van der Waals surface area contributed by atoms with Crippen LogP contribution in [0.3, 0.4) is 0 Å². The molecule has 0 radical (unpaired) electrons. The van der Waals surface area contributed by atoms with Crippen molar-refractivity contribution in [3.63, 3.8) is 0 Å². The Kier molecular flexibility index (Phi) is 6.75. The monoisotopic (exact) mass is 489 g/mol. The highest BCUT2D eigenvalue weighted by Gasteiger charge is 2.37. The van der Waals surface area contributed by atoms with Gasteiger partial charge in [0.2, 0.25) is 11.8 Å². The van der Waals surface area contributed by atoms with Gasteiger partial charge < -0.3 is 10.6 Å². The third-order valence-electron chi connectivity index (χ3n) is 6.26.